The van der Waals surface area contributed by atoms with Gasteiger partial charge in [0.15, 0.2) is 5.78 Å². The van der Waals surface area contributed by atoms with Crippen molar-refractivity contribution in [1.29, 1.82) is 0 Å². The van der Waals surface area contributed by atoms with Gasteiger partial charge in [-0.25, -0.2) is 4.39 Å². The Morgan fingerprint density at radius 3 is 2.43 bits per heavy atom. The van der Waals surface area contributed by atoms with Crippen molar-refractivity contribution in [3.05, 3.63) is 80.8 Å². The molecule has 0 fully saturated rings. The van der Waals surface area contributed by atoms with E-state index in [1.165, 1.54) is 35.0 Å². The Balaban J connectivity index is 1.97. The summed E-state index contributed by atoms with van der Waals surface area (Å²) in [5, 5.41) is 2.49. The predicted octanol–water partition coefficient (Wildman–Crippen LogP) is 6.02. The molecule has 0 amide bonds. The van der Waals surface area contributed by atoms with E-state index in [4.69, 9.17) is 4.74 Å². The molecule has 0 unspecified atom stereocenters. The first kappa shape index (κ1) is 20.0. The fourth-order valence-electron chi connectivity index (χ4n) is 3.60. The third-order valence-corrected chi connectivity index (χ3v) is 6.04. The van der Waals surface area contributed by atoms with Crippen molar-refractivity contribution >= 4 is 27.2 Å². The molecule has 0 bridgehead atoms. The summed E-state index contributed by atoms with van der Waals surface area (Å²) in [6.07, 6.45) is 1.76. The van der Waals surface area contributed by atoms with E-state index in [0.29, 0.717) is 39.1 Å². The first-order chi connectivity index (χ1) is 14.3. The van der Waals surface area contributed by atoms with E-state index in [2.05, 4.69) is 0 Å². The molecule has 0 N–H and O–H groups in total. The summed E-state index contributed by atoms with van der Waals surface area (Å²) in [5.74, 6) is 0.721. The molecule has 30 heavy (non-hydrogen) atoms. The highest BCUT2D eigenvalue weighted by atomic mass is 32.1. The van der Waals surface area contributed by atoms with Crippen LogP contribution in [-0.2, 0) is 7.05 Å². The van der Waals surface area contributed by atoms with Crippen LogP contribution in [0.3, 0.4) is 0 Å². The molecule has 4 nitrogen and oxygen atoms in total. The number of aromatic nitrogens is 1. The van der Waals surface area contributed by atoms with Crippen molar-refractivity contribution in [2.75, 3.05) is 0 Å². The number of aryl methyl sites for hydroxylation is 3. The molecule has 0 aliphatic rings. The van der Waals surface area contributed by atoms with E-state index < -0.39 is 0 Å². The molecule has 0 aliphatic carbocycles. The maximum absolute atomic E-state index is 13.7. The standard InChI is InChI=1S/C24H20FNO3S/c1-13-9-17(25)10-14(2)22(13)29-21-6-5-16(15(3)27)11-19(21)20-12-26(4)24(28)18-7-8-30-23(18)20/h5-12H,1-4H3. The van der Waals surface area contributed by atoms with Crippen molar-refractivity contribution in [1.82, 2.24) is 4.57 Å². The lowest BCUT2D eigenvalue weighted by molar-refractivity contribution is 0.101. The number of ketones is 1. The van der Waals surface area contributed by atoms with Crippen molar-refractivity contribution in [3.8, 4) is 22.6 Å². The molecule has 2 heterocycles. The van der Waals surface area contributed by atoms with Gasteiger partial charge < -0.3 is 9.30 Å². The lowest BCUT2D eigenvalue weighted by atomic mass is 10.0. The van der Waals surface area contributed by atoms with E-state index in [9.17, 15) is 14.0 Å². The Bertz CT molecular complexity index is 1340. The van der Waals surface area contributed by atoms with Crippen molar-refractivity contribution in [2.45, 2.75) is 20.8 Å². The summed E-state index contributed by atoms with van der Waals surface area (Å²) < 4.78 is 22.3. The first-order valence-corrected chi connectivity index (χ1v) is 10.3. The number of benzene rings is 2. The number of fused-ring (bicyclic) bond motifs is 1. The Hall–Kier alpha value is -3.25. The van der Waals surface area contributed by atoms with Crippen LogP contribution in [0, 0.1) is 19.7 Å². The molecule has 4 rings (SSSR count). The number of hydrogen-bond donors (Lipinski definition) is 0. The quantitative estimate of drug-likeness (QED) is 0.379. The summed E-state index contributed by atoms with van der Waals surface area (Å²) >= 11 is 1.47. The zero-order valence-corrected chi connectivity index (χ0v) is 17.9. The molecule has 0 saturated heterocycles. The second-order valence-corrected chi connectivity index (χ2v) is 8.28. The molecule has 0 spiro atoms. The Morgan fingerprint density at radius 1 is 1.07 bits per heavy atom. The van der Waals surface area contributed by atoms with E-state index in [-0.39, 0.29) is 17.2 Å². The molecule has 2 aromatic heterocycles. The molecule has 0 atom stereocenters. The van der Waals surface area contributed by atoms with Crippen LogP contribution in [0.4, 0.5) is 4.39 Å². The van der Waals surface area contributed by atoms with Crippen molar-refractivity contribution in [2.24, 2.45) is 7.05 Å². The Morgan fingerprint density at radius 2 is 1.77 bits per heavy atom. The fourth-order valence-corrected chi connectivity index (χ4v) is 4.51. The van der Waals surface area contributed by atoms with Crippen LogP contribution >= 0.6 is 11.3 Å². The van der Waals surface area contributed by atoms with E-state index in [0.717, 1.165) is 10.3 Å². The third-order valence-electron chi connectivity index (χ3n) is 5.10. The molecular formula is C24H20FNO3S. The lowest BCUT2D eigenvalue weighted by Crippen LogP contribution is -2.15. The minimum atomic E-state index is -0.317. The maximum Gasteiger partial charge on any atom is 0.259 e. The maximum atomic E-state index is 13.7. The van der Waals surface area contributed by atoms with Crippen LogP contribution in [0.2, 0.25) is 0 Å². The lowest BCUT2D eigenvalue weighted by Gasteiger charge is -2.17. The first-order valence-electron chi connectivity index (χ1n) is 9.43. The number of pyridine rings is 1. The van der Waals surface area contributed by atoms with Gasteiger partial charge in [-0.3, -0.25) is 9.59 Å². The highest BCUT2D eigenvalue weighted by Gasteiger charge is 2.18. The van der Waals surface area contributed by atoms with Gasteiger partial charge in [0.2, 0.25) is 0 Å². The molecule has 0 aliphatic heterocycles. The van der Waals surface area contributed by atoms with Crippen molar-refractivity contribution in [3.63, 3.8) is 0 Å². The van der Waals surface area contributed by atoms with Crippen LogP contribution in [0.15, 0.2) is 52.8 Å². The number of rotatable bonds is 4. The SMILES string of the molecule is CC(=O)c1ccc(Oc2c(C)cc(F)cc2C)c(-c2cn(C)c(=O)c3ccsc23)c1. The van der Waals surface area contributed by atoms with Gasteiger partial charge in [0.1, 0.15) is 17.3 Å². The zero-order valence-electron chi connectivity index (χ0n) is 17.1. The van der Waals surface area contributed by atoms with Gasteiger partial charge in [-0.15, -0.1) is 11.3 Å². The number of ether oxygens (including phenoxy) is 1. The highest BCUT2D eigenvalue weighted by Crippen LogP contribution is 2.40. The molecule has 0 saturated carbocycles. The fraction of sp³-hybridized carbons (Fsp3) is 0.167. The van der Waals surface area contributed by atoms with Gasteiger partial charge in [-0.1, -0.05) is 0 Å². The number of nitrogens with zero attached hydrogens (tertiary/aromatic N) is 1. The van der Waals surface area contributed by atoms with Crippen LogP contribution in [0.5, 0.6) is 11.5 Å². The van der Waals surface area contributed by atoms with Gasteiger partial charge in [-0.2, -0.15) is 0 Å². The minimum Gasteiger partial charge on any atom is -0.456 e. The van der Waals surface area contributed by atoms with E-state index >= 15 is 0 Å². The second-order valence-electron chi connectivity index (χ2n) is 7.36. The smallest absolute Gasteiger partial charge is 0.259 e. The number of hydrogen-bond acceptors (Lipinski definition) is 4. The van der Waals surface area contributed by atoms with Crippen LogP contribution in [0.25, 0.3) is 21.2 Å². The van der Waals surface area contributed by atoms with E-state index in [1.807, 2.05) is 5.38 Å². The van der Waals surface area contributed by atoms with Crippen LogP contribution in [0.1, 0.15) is 28.4 Å². The third kappa shape index (κ3) is 3.44. The minimum absolute atomic E-state index is 0.0656. The van der Waals surface area contributed by atoms with Gasteiger partial charge in [-0.05, 0) is 73.7 Å². The van der Waals surface area contributed by atoms with Crippen molar-refractivity contribution < 1.29 is 13.9 Å². The van der Waals surface area contributed by atoms with Gasteiger partial charge in [0, 0.05) is 34.6 Å². The molecule has 0 radical (unpaired) electrons. The number of carbonyl (C=O) groups excluding carboxylic acids is 1. The van der Waals surface area contributed by atoms with Gasteiger partial charge in [0.05, 0.1) is 5.39 Å². The number of carbonyl (C=O) groups is 1. The molecular weight excluding hydrogens is 401 g/mol. The Kier molecular flexibility index (Phi) is 5.03. The largest absolute Gasteiger partial charge is 0.456 e. The topological polar surface area (TPSA) is 48.3 Å². The number of halogens is 1. The molecule has 6 heteroatoms. The summed E-state index contributed by atoms with van der Waals surface area (Å²) in [5.41, 5.74) is 3.33. The van der Waals surface area contributed by atoms with Crippen LogP contribution < -0.4 is 10.3 Å². The van der Waals surface area contributed by atoms with Crippen LogP contribution in [-0.4, -0.2) is 10.4 Å². The second kappa shape index (κ2) is 7.54. The number of Topliss-reactive ketones (excluding diaryl/α,β-unsaturated/α-hetero) is 1. The summed E-state index contributed by atoms with van der Waals surface area (Å²) in [6, 6.07) is 9.90. The normalized spacial score (nSPS) is 11.1. The average Bonchev–Trinajstić information content (AvgIpc) is 3.17. The highest BCUT2D eigenvalue weighted by molar-refractivity contribution is 7.17. The van der Waals surface area contributed by atoms with Gasteiger partial charge in [0.25, 0.3) is 5.56 Å². The Labute approximate surface area is 177 Å². The molecule has 2 aromatic carbocycles. The summed E-state index contributed by atoms with van der Waals surface area (Å²) in [7, 11) is 1.70. The average molecular weight is 421 g/mol. The molecule has 4 aromatic rings. The van der Waals surface area contributed by atoms with Gasteiger partial charge >= 0.3 is 0 Å². The molecule has 152 valence electrons. The summed E-state index contributed by atoms with van der Waals surface area (Å²) in [6.45, 7) is 5.09. The van der Waals surface area contributed by atoms with E-state index in [1.54, 1.807) is 51.4 Å². The zero-order chi connectivity index (χ0) is 21.6. The monoisotopic (exact) mass is 421 g/mol. The predicted molar refractivity (Wildman–Crippen MR) is 118 cm³/mol. The summed E-state index contributed by atoms with van der Waals surface area (Å²) in [4.78, 5) is 24.5. The number of thiophene rings is 1.